The smallest absolute Gasteiger partial charge is 0.317 e. The van der Waals surface area contributed by atoms with Crippen LogP contribution in [0, 0.1) is 29.6 Å². The van der Waals surface area contributed by atoms with Crippen molar-refractivity contribution >= 4 is 11.9 Å². The van der Waals surface area contributed by atoms with E-state index in [0.717, 1.165) is 31.6 Å². The monoisotopic (exact) mass is 393 g/mol. The molecule has 1 saturated heterocycles. The number of aliphatic carboxylic acids is 1. The highest BCUT2D eigenvalue weighted by Crippen LogP contribution is 2.47. The van der Waals surface area contributed by atoms with E-state index in [4.69, 9.17) is 5.73 Å². The number of rotatable bonds is 7. The molecule has 3 rings (SSSR count). The molecule has 0 aromatic carbocycles. The van der Waals surface area contributed by atoms with E-state index in [0.29, 0.717) is 23.8 Å². The summed E-state index contributed by atoms with van der Waals surface area (Å²) in [5.74, 6) is 1.69. The first-order valence-corrected chi connectivity index (χ1v) is 11.4. The van der Waals surface area contributed by atoms with Gasteiger partial charge in [-0.25, -0.2) is 0 Å². The Balaban J connectivity index is 1.77. The third kappa shape index (κ3) is 5.07. The van der Waals surface area contributed by atoms with Crippen LogP contribution in [0.4, 0.5) is 0 Å². The first-order valence-electron chi connectivity index (χ1n) is 11.4. The minimum atomic E-state index is -0.777. The van der Waals surface area contributed by atoms with Crippen LogP contribution in [0.2, 0.25) is 0 Å². The van der Waals surface area contributed by atoms with Crippen LogP contribution in [-0.2, 0) is 9.59 Å². The summed E-state index contributed by atoms with van der Waals surface area (Å²) in [6, 6.07) is 0.474. The van der Waals surface area contributed by atoms with Gasteiger partial charge in [-0.1, -0.05) is 32.6 Å². The van der Waals surface area contributed by atoms with Crippen molar-refractivity contribution in [2.75, 3.05) is 13.6 Å². The molecule has 2 aliphatic carbocycles. The van der Waals surface area contributed by atoms with Crippen LogP contribution in [-0.4, -0.2) is 47.7 Å². The lowest BCUT2D eigenvalue weighted by molar-refractivity contribution is -0.139. The summed E-state index contributed by atoms with van der Waals surface area (Å²) in [6.07, 6.45) is 11.5. The van der Waals surface area contributed by atoms with Crippen molar-refractivity contribution in [1.29, 1.82) is 0 Å². The van der Waals surface area contributed by atoms with Gasteiger partial charge in [0.15, 0.2) is 0 Å². The summed E-state index contributed by atoms with van der Waals surface area (Å²) in [6.45, 7) is 2.34. The summed E-state index contributed by atoms with van der Waals surface area (Å²) >= 11 is 0. The molecule has 3 aliphatic rings. The molecule has 160 valence electrons. The Hall–Kier alpha value is -1.14. The second-order valence-electron chi connectivity index (χ2n) is 9.65. The lowest BCUT2D eigenvalue weighted by Gasteiger charge is -2.52. The lowest BCUT2D eigenvalue weighted by atomic mass is 9.61. The number of fused-ring (bicyclic) bond motifs is 1. The molecule has 4 N–H and O–H groups in total. The van der Waals surface area contributed by atoms with Gasteiger partial charge in [-0.15, -0.1) is 0 Å². The number of hydrogen-bond donors (Lipinski definition) is 3. The number of nitrogens with one attached hydrogen (secondary N) is 1. The van der Waals surface area contributed by atoms with Crippen LogP contribution in [0.15, 0.2) is 0 Å². The van der Waals surface area contributed by atoms with Gasteiger partial charge in [0.05, 0.1) is 12.7 Å². The summed E-state index contributed by atoms with van der Waals surface area (Å²) < 4.78 is 0. The van der Waals surface area contributed by atoms with E-state index in [-0.39, 0.29) is 24.5 Å². The average Bonchev–Trinajstić information content (AvgIpc) is 2.67. The Kier molecular flexibility index (Phi) is 7.37. The van der Waals surface area contributed by atoms with Gasteiger partial charge < -0.3 is 10.8 Å². The van der Waals surface area contributed by atoms with E-state index in [1.165, 1.54) is 38.5 Å². The highest BCUT2D eigenvalue weighted by Gasteiger charge is 2.45. The van der Waals surface area contributed by atoms with Crippen LogP contribution in [0.25, 0.3) is 0 Å². The summed E-state index contributed by atoms with van der Waals surface area (Å²) in [7, 11) is 1.92. The zero-order valence-electron chi connectivity index (χ0n) is 17.6. The normalized spacial score (nSPS) is 38.8. The number of nitrogens with two attached hydrogens (primary N) is 1. The molecule has 0 bridgehead atoms. The first-order chi connectivity index (χ1) is 13.4. The highest BCUT2D eigenvalue weighted by atomic mass is 16.4. The Morgan fingerprint density at radius 3 is 2.57 bits per heavy atom. The molecule has 0 spiro atoms. The number of hydrogen-bond acceptors (Lipinski definition) is 4. The van der Waals surface area contributed by atoms with E-state index in [1.54, 1.807) is 0 Å². The van der Waals surface area contributed by atoms with Crippen LogP contribution in [0.1, 0.15) is 71.1 Å². The lowest BCUT2D eigenvalue weighted by Crippen LogP contribution is -2.60. The summed E-state index contributed by atoms with van der Waals surface area (Å²) in [4.78, 5) is 25.0. The summed E-state index contributed by atoms with van der Waals surface area (Å²) in [5, 5.41) is 13.0. The van der Waals surface area contributed by atoms with Crippen molar-refractivity contribution in [3.05, 3.63) is 0 Å². The predicted molar refractivity (Wildman–Crippen MR) is 109 cm³/mol. The Bertz CT molecular complexity index is 555. The number of carboxylic acids is 1. The van der Waals surface area contributed by atoms with E-state index in [2.05, 4.69) is 12.2 Å². The Morgan fingerprint density at radius 1 is 1.11 bits per heavy atom. The maximum Gasteiger partial charge on any atom is 0.317 e. The molecule has 6 heteroatoms. The quantitative estimate of drug-likeness (QED) is 0.618. The number of piperidine rings is 1. The SMILES string of the molecule is CCCC1CCC2NC(N(C)CC(=O)O)CC(C3CCCC(C(N)=O)C3)C2C1. The van der Waals surface area contributed by atoms with Gasteiger partial charge in [-0.05, 0) is 69.2 Å². The van der Waals surface area contributed by atoms with Gasteiger partial charge in [0.25, 0.3) is 0 Å². The number of likely N-dealkylation sites (N-methyl/N-ethyl adjacent to an activating group) is 1. The maximum atomic E-state index is 11.8. The van der Waals surface area contributed by atoms with Gasteiger partial charge in [0.1, 0.15) is 0 Å². The number of amides is 1. The number of carboxylic acid groups (broad SMARTS) is 1. The van der Waals surface area contributed by atoms with Crippen LogP contribution < -0.4 is 11.1 Å². The number of primary amides is 1. The minimum absolute atomic E-state index is 0.0253. The molecule has 6 nitrogen and oxygen atoms in total. The van der Waals surface area contributed by atoms with Crippen LogP contribution >= 0.6 is 0 Å². The van der Waals surface area contributed by atoms with Gasteiger partial charge in [0.2, 0.25) is 5.91 Å². The van der Waals surface area contributed by atoms with E-state index in [1.807, 2.05) is 11.9 Å². The van der Waals surface area contributed by atoms with Crippen molar-refractivity contribution in [3.63, 3.8) is 0 Å². The minimum Gasteiger partial charge on any atom is -0.480 e. The van der Waals surface area contributed by atoms with Gasteiger partial charge in [0, 0.05) is 12.0 Å². The molecule has 7 atom stereocenters. The first kappa shape index (κ1) is 21.6. The molecule has 0 aromatic rings. The molecule has 28 heavy (non-hydrogen) atoms. The highest BCUT2D eigenvalue weighted by molar-refractivity contribution is 5.76. The molecule has 1 heterocycles. The zero-order valence-corrected chi connectivity index (χ0v) is 17.6. The number of carbonyl (C=O) groups is 2. The second kappa shape index (κ2) is 9.57. The zero-order chi connectivity index (χ0) is 20.3. The van der Waals surface area contributed by atoms with E-state index < -0.39 is 5.97 Å². The van der Waals surface area contributed by atoms with Crippen molar-refractivity contribution in [2.45, 2.75) is 83.3 Å². The number of nitrogens with zero attached hydrogens (tertiary/aromatic N) is 1. The fourth-order valence-corrected chi connectivity index (χ4v) is 6.44. The average molecular weight is 394 g/mol. The number of carbonyl (C=O) groups excluding carboxylic acids is 1. The van der Waals surface area contributed by atoms with E-state index in [9.17, 15) is 14.7 Å². The second-order valence-corrected chi connectivity index (χ2v) is 9.65. The molecule has 2 saturated carbocycles. The predicted octanol–water partition coefficient (Wildman–Crippen LogP) is 2.82. The molecule has 3 fully saturated rings. The van der Waals surface area contributed by atoms with Crippen LogP contribution in [0.3, 0.4) is 0 Å². The van der Waals surface area contributed by atoms with Crippen molar-refractivity contribution in [3.8, 4) is 0 Å². The third-order valence-corrected chi connectivity index (χ3v) is 7.80. The summed E-state index contributed by atoms with van der Waals surface area (Å²) in [5.41, 5.74) is 5.66. The van der Waals surface area contributed by atoms with Crippen molar-refractivity contribution in [2.24, 2.45) is 35.3 Å². The molecular weight excluding hydrogens is 354 g/mol. The molecule has 1 aliphatic heterocycles. The fourth-order valence-electron chi connectivity index (χ4n) is 6.44. The molecule has 0 aromatic heterocycles. The van der Waals surface area contributed by atoms with Gasteiger partial charge in [-0.3, -0.25) is 19.8 Å². The van der Waals surface area contributed by atoms with Gasteiger partial charge >= 0.3 is 5.97 Å². The van der Waals surface area contributed by atoms with Crippen molar-refractivity contribution < 1.29 is 14.7 Å². The standard InChI is InChI=1S/C22H39N3O3/c1-3-5-14-8-9-19-18(10-14)17(12-20(24-19)25(2)13-21(26)27)15-6-4-7-16(11-15)22(23)28/h14-20,24H,3-13H2,1-2H3,(H2,23,28)(H,26,27). The van der Waals surface area contributed by atoms with E-state index >= 15 is 0 Å². The third-order valence-electron chi connectivity index (χ3n) is 7.80. The largest absolute Gasteiger partial charge is 0.480 e. The molecular formula is C22H39N3O3. The molecule has 7 unspecified atom stereocenters. The topological polar surface area (TPSA) is 95.7 Å². The fraction of sp³-hybridized carbons (Fsp3) is 0.909. The maximum absolute atomic E-state index is 11.8. The molecule has 1 amide bonds. The Labute approximate surface area is 169 Å². The van der Waals surface area contributed by atoms with Gasteiger partial charge in [-0.2, -0.15) is 0 Å². The van der Waals surface area contributed by atoms with Crippen molar-refractivity contribution in [1.82, 2.24) is 10.2 Å². The Morgan fingerprint density at radius 2 is 1.89 bits per heavy atom. The molecule has 0 radical (unpaired) electrons. The van der Waals surface area contributed by atoms with Crippen LogP contribution in [0.5, 0.6) is 0 Å².